The van der Waals surface area contributed by atoms with Crippen molar-refractivity contribution < 1.29 is 0 Å². The third kappa shape index (κ3) is 3.76. The van der Waals surface area contributed by atoms with Gasteiger partial charge in [0.2, 0.25) is 5.96 Å². The lowest BCUT2D eigenvalue weighted by Crippen LogP contribution is -2.30. The quantitative estimate of drug-likeness (QED) is 0.479. The van der Waals surface area contributed by atoms with Crippen LogP contribution in [0.5, 0.6) is 0 Å². The molecule has 0 unspecified atom stereocenters. The van der Waals surface area contributed by atoms with Crippen LogP contribution in [0, 0.1) is 0 Å². The van der Waals surface area contributed by atoms with Crippen molar-refractivity contribution in [3.8, 4) is 0 Å². The van der Waals surface area contributed by atoms with E-state index in [1.165, 1.54) is 11.1 Å². The lowest BCUT2D eigenvalue weighted by atomic mass is 10.1. The average Bonchev–Trinajstić information content (AvgIpc) is 2.62. The van der Waals surface area contributed by atoms with Crippen molar-refractivity contribution in [1.29, 1.82) is 0 Å². The highest BCUT2D eigenvalue weighted by atomic mass is 15.2. The van der Waals surface area contributed by atoms with E-state index in [2.05, 4.69) is 34.4 Å². The van der Waals surface area contributed by atoms with Crippen molar-refractivity contribution in [1.82, 2.24) is 5.32 Å². The summed E-state index contributed by atoms with van der Waals surface area (Å²) in [5.74, 6) is 0.490. The van der Waals surface area contributed by atoms with Crippen LogP contribution >= 0.6 is 0 Å². The molecule has 1 aliphatic rings. The number of nitrogens with zero attached hydrogens (tertiary/aromatic N) is 2. The summed E-state index contributed by atoms with van der Waals surface area (Å²) >= 11 is 0. The Labute approximate surface area is 96.0 Å². The zero-order chi connectivity index (χ0) is 12.0. The van der Waals surface area contributed by atoms with Crippen LogP contribution in [0.4, 0.5) is 0 Å². The second-order valence-corrected chi connectivity index (χ2v) is 3.67. The Bertz CT molecular complexity index is 359. The van der Waals surface area contributed by atoms with Crippen LogP contribution in [0.1, 0.15) is 19.8 Å². The van der Waals surface area contributed by atoms with Gasteiger partial charge in [0.15, 0.2) is 5.96 Å². The Hall–Kier alpha value is -1.78. The monoisotopic (exact) mass is 221 g/mol. The first-order chi connectivity index (χ1) is 7.63. The Kier molecular flexibility index (Phi) is 4.57. The van der Waals surface area contributed by atoms with Gasteiger partial charge >= 0.3 is 0 Å². The van der Waals surface area contributed by atoms with Gasteiger partial charge in [-0.3, -0.25) is 4.99 Å². The van der Waals surface area contributed by atoms with Crippen molar-refractivity contribution in [2.75, 3.05) is 13.6 Å². The Morgan fingerprint density at radius 3 is 2.75 bits per heavy atom. The van der Waals surface area contributed by atoms with E-state index < -0.39 is 0 Å². The van der Waals surface area contributed by atoms with E-state index >= 15 is 0 Å². The van der Waals surface area contributed by atoms with Crippen molar-refractivity contribution >= 4 is 11.9 Å². The van der Waals surface area contributed by atoms with Crippen LogP contribution in [0.2, 0.25) is 0 Å². The number of guanidine groups is 2. The van der Waals surface area contributed by atoms with Gasteiger partial charge < -0.3 is 16.8 Å². The van der Waals surface area contributed by atoms with Crippen LogP contribution in [-0.2, 0) is 0 Å². The molecule has 0 atom stereocenters. The average molecular weight is 221 g/mol. The topological polar surface area (TPSA) is 88.8 Å². The Balaban J connectivity index is 2.38. The maximum Gasteiger partial charge on any atom is 0.220 e. The smallest absolute Gasteiger partial charge is 0.220 e. The third-order valence-corrected chi connectivity index (χ3v) is 2.42. The SMILES string of the molecule is CN=C(N=C(N)N)NCCC1=C(C)CC=C1. The predicted molar refractivity (Wildman–Crippen MR) is 68.2 cm³/mol. The van der Waals surface area contributed by atoms with Crippen LogP contribution in [0.15, 0.2) is 33.3 Å². The summed E-state index contributed by atoms with van der Waals surface area (Å²) in [5, 5.41) is 3.08. The van der Waals surface area contributed by atoms with Crippen molar-refractivity contribution in [2.24, 2.45) is 21.5 Å². The third-order valence-electron chi connectivity index (χ3n) is 2.42. The molecule has 0 bridgehead atoms. The summed E-state index contributed by atoms with van der Waals surface area (Å²) in [4.78, 5) is 7.79. The number of aliphatic imine (C=N–C) groups is 2. The van der Waals surface area contributed by atoms with Crippen LogP contribution < -0.4 is 16.8 Å². The molecule has 0 aromatic rings. The van der Waals surface area contributed by atoms with Gasteiger partial charge in [-0.2, -0.15) is 4.99 Å². The van der Waals surface area contributed by atoms with Gasteiger partial charge in [0, 0.05) is 13.6 Å². The number of rotatable bonds is 3. The summed E-state index contributed by atoms with van der Waals surface area (Å²) in [6, 6.07) is 0. The molecule has 0 aromatic carbocycles. The van der Waals surface area contributed by atoms with Gasteiger partial charge in [-0.25, -0.2) is 0 Å². The van der Waals surface area contributed by atoms with Crippen molar-refractivity contribution in [2.45, 2.75) is 19.8 Å². The van der Waals surface area contributed by atoms with Gasteiger partial charge in [-0.15, -0.1) is 0 Å². The number of nitrogens with two attached hydrogens (primary N) is 2. The molecular weight excluding hydrogens is 202 g/mol. The Morgan fingerprint density at radius 2 is 2.25 bits per heavy atom. The van der Waals surface area contributed by atoms with E-state index in [0.29, 0.717) is 5.96 Å². The van der Waals surface area contributed by atoms with E-state index in [4.69, 9.17) is 11.5 Å². The first-order valence-corrected chi connectivity index (χ1v) is 5.29. The molecule has 5 nitrogen and oxygen atoms in total. The van der Waals surface area contributed by atoms with E-state index in [1.54, 1.807) is 7.05 Å². The van der Waals surface area contributed by atoms with E-state index in [-0.39, 0.29) is 5.96 Å². The van der Waals surface area contributed by atoms with E-state index in [0.717, 1.165) is 19.4 Å². The minimum absolute atomic E-state index is 0.0178. The van der Waals surface area contributed by atoms with Gasteiger partial charge in [0.1, 0.15) is 0 Å². The first kappa shape index (κ1) is 12.3. The fourth-order valence-corrected chi connectivity index (χ4v) is 1.55. The molecule has 0 saturated heterocycles. The highest BCUT2D eigenvalue weighted by molar-refractivity contribution is 5.93. The summed E-state index contributed by atoms with van der Waals surface area (Å²) in [6.07, 6.45) is 6.37. The normalized spacial score (nSPS) is 15.5. The molecule has 0 saturated carbocycles. The maximum absolute atomic E-state index is 5.27. The molecule has 0 amide bonds. The molecule has 88 valence electrons. The Morgan fingerprint density at radius 1 is 1.50 bits per heavy atom. The summed E-state index contributed by atoms with van der Waals surface area (Å²) in [7, 11) is 1.65. The second kappa shape index (κ2) is 5.95. The minimum atomic E-state index is 0.0178. The minimum Gasteiger partial charge on any atom is -0.370 e. The molecule has 16 heavy (non-hydrogen) atoms. The molecule has 0 spiro atoms. The van der Waals surface area contributed by atoms with Crippen molar-refractivity contribution in [3.63, 3.8) is 0 Å². The zero-order valence-corrected chi connectivity index (χ0v) is 9.83. The number of hydrogen-bond donors (Lipinski definition) is 3. The second-order valence-electron chi connectivity index (χ2n) is 3.67. The van der Waals surface area contributed by atoms with Gasteiger partial charge in [0.05, 0.1) is 0 Å². The molecule has 5 N–H and O–H groups in total. The summed E-state index contributed by atoms with van der Waals surface area (Å²) < 4.78 is 0. The predicted octanol–water partition coefficient (Wildman–Crippen LogP) is 0.502. The summed E-state index contributed by atoms with van der Waals surface area (Å²) in [5.41, 5.74) is 13.4. The summed E-state index contributed by atoms with van der Waals surface area (Å²) in [6.45, 7) is 2.93. The lowest BCUT2D eigenvalue weighted by Gasteiger charge is -2.06. The fraction of sp³-hybridized carbons (Fsp3) is 0.455. The maximum atomic E-state index is 5.27. The molecule has 0 heterocycles. The molecule has 0 aliphatic heterocycles. The van der Waals surface area contributed by atoms with Crippen LogP contribution in [0.3, 0.4) is 0 Å². The largest absolute Gasteiger partial charge is 0.370 e. The van der Waals surface area contributed by atoms with Gasteiger partial charge in [-0.05, 0) is 25.3 Å². The van der Waals surface area contributed by atoms with Crippen molar-refractivity contribution in [3.05, 3.63) is 23.3 Å². The van der Waals surface area contributed by atoms with Gasteiger partial charge in [0.25, 0.3) is 0 Å². The molecule has 0 aromatic heterocycles. The number of allylic oxidation sites excluding steroid dienone is 3. The molecule has 0 fully saturated rings. The van der Waals surface area contributed by atoms with E-state index in [1.807, 2.05) is 0 Å². The van der Waals surface area contributed by atoms with Crippen LogP contribution in [-0.4, -0.2) is 25.5 Å². The van der Waals surface area contributed by atoms with E-state index in [9.17, 15) is 0 Å². The zero-order valence-electron chi connectivity index (χ0n) is 9.83. The first-order valence-electron chi connectivity index (χ1n) is 5.29. The standard InChI is InChI=1S/C11H19N5/c1-8-4-3-5-9(8)6-7-15-11(14-2)16-10(12)13/h3,5H,4,6-7H2,1-2H3,(H5,12,13,14,15,16). The van der Waals surface area contributed by atoms with Crippen LogP contribution in [0.25, 0.3) is 0 Å². The molecule has 0 radical (unpaired) electrons. The molecular formula is C11H19N5. The fourth-order valence-electron chi connectivity index (χ4n) is 1.55. The highest BCUT2D eigenvalue weighted by Crippen LogP contribution is 2.20. The van der Waals surface area contributed by atoms with Gasteiger partial charge in [-0.1, -0.05) is 17.7 Å². The number of nitrogens with one attached hydrogen (secondary N) is 1. The molecule has 1 aliphatic carbocycles. The number of hydrogen-bond acceptors (Lipinski definition) is 1. The lowest BCUT2D eigenvalue weighted by molar-refractivity contribution is 0.854. The highest BCUT2D eigenvalue weighted by Gasteiger charge is 2.04. The molecule has 5 heteroatoms. The molecule has 1 rings (SSSR count).